The Kier molecular flexibility index (Phi) is 3.55. The van der Waals surface area contributed by atoms with Gasteiger partial charge in [-0.3, -0.25) is 4.79 Å². The minimum Gasteiger partial charge on any atom is -0.265 e. The third kappa shape index (κ3) is 2.21. The van der Waals surface area contributed by atoms with E-state index < -0.39 is 0 Å². The maximum absolute atomic E-state index is 11.2. The summed E-state index contributed by atoms with van der Waals surface area (Å²) in [6.07, 6.45) is 0. The van der Waals surface area contributed by atoms with Gasteiger partial charge in [-0.1, -0.05) is 18.5 Å². The molecule has 1 heterocycles. The van der Waals surface area contributed by atoms with Gasteiger partial charge in [0.25, 0.3) is 5.56 Å². The van der Waals surface area contributed by atoms with Crippen molar-refractivity contribution in [1.29, 1.82) is 0 Å². The molecule has 1 atom stereocenters. The molecule has 0 aliphatic heterocycles. The van der Waals surface area contributed by atoms with E-state index in [1.165, 1.54) is 3.96 Å². The van der Waals surface area contributed by atoms with Crippen molar-refractivity contribution in [3.05, 3.63) is 15.5 Å². The fraction of sp³-hybridized carbons (Fsp3) is 0.667. The van der Waals surface area contributed by atoms with Crippen LogP contribution in [0.5, 0.6) is 0 Å². The molecule has 1 aromatic rings. The maximum atomic E-state index is 11.2. The van der Waals surface area contributed by atoms with Crippen molar-refractivity contribution < 1.29 is 0 Å². The van der Waals surface area contributed by atoms with Crippen LogP contribution in [0.2, 0.25) is 5.15 Å². The van der Waals surface area contributed by atoms with Gasteiger partial charge in [-0.2, -0.15) is 4.37 Å². The van der Waals surface area contributed by atoms with Gasteiger partial charge in [-0.15, -0.1) is 11.6 Å². The largest absolute Gasteiger partial charge is 0.299 e. The topological polar surface area (TPSA) is 34.9 Å². The van der Waals surface area contributed by atoms with E-state index in [0.717, 1.165) is 11.7 Å². The molecule has 0 aliphatic carbocycles. The lowest BCUT2D eigenvalue weighted by Crippen LogP contribution is -2.18. The van der Waals surface area contributed by atoms with E-state index >= 15 is 0 Å². The molecule has 0 amide bonds. The Morgan fingerprint density at radius 2 is 2.42 bits per heavy atom. The van der Waals surface area contributed by atoms with Crippen LogP contribution in [0, 0.1) is 5.92 Å². The van der Waals surface area contributed by atoms with Crippen LogP contribution in [-0.4, -0.2) is 14.2 Å². The molecule has 3 nitrogen and oxygen atoms in total. The molecule has 0 aromatic carbocycles. The first-order chi connectivity index (χ1) is 5.65. The van der Waals surface area contributed by atoms with Crippen LogP contribution in [0.15, 0.2) is 4.79 Å². The van der Waals surface area contributed by atoms with E-state index in [2.05, 4.69) is 4.37 Å². The van der Waals surface area contributed by atoms with Crippen molar-refractivity contribution in [3.63, 3.8) is 0 Å². The van der Waals surface area contributed by atoms with Crippen molar-refractivity contribution >= 4 is 34.9 Å². The number of rotatable bonds is 3. The summed E-state index contributed by atoms with van der Waals surface area (Å²) in [5.74, 6) is 0.794. The number of hydrogen-bond acceptors (Lipinski definition) is 3. The van der Waals surface area contributed by atoms with E-state index in [0.29, 0.717) is 12.4 Å². The summed E-state index contributed by atoms with van der Waals surface area (Å²) in [5, 5.41) is 0.0433. The first-order valence-corrected chi connectivity index (χ1v) is 5.08. The number of hydrogen-bond donors (Lipinski definition) is 0. The second-order valence-electron chi connectivity index (χ2n) is 2.59. The van der Waals surface area contributed by atoms with E-state index in [1.807, 2.05) is 6.92 Å². The van der Waals surface area contributed by atoms with Crippen LogP contribution < -0.4 is 5.56 Å². The molecule has 1 rings (SSSR count). The highest BCUT2D eigenvalue weighted by Gasteiger charge is 2.08. The average Bonchev–Trinajstić information content (AvgIpc) is 2.36. The van der Waals surface area contributed by atoms with Crippen LogP contribution in [0.3, 0.4) is 0 Å². The van der Waals surface area contributed by atoms with Crippen LogP contribution in [0.1, 0.15) is 6.92 Å². The summed E-state index contributed by atoms with van der Waals surface area (Å²) in [6, 6.07) is 0. The number of nitrogens with zero attached hydrogens (tertiary/aromatic N) is 2. The number of alkyl halides is 1. The quantitative estimate of drug-likeness (QED) is 0.738. The van der Waals surface area contributed by atoms with Gasteiger partial charge in [0.15, 0.2) is 0 Å². The Balaban J connectivity index is 2.76. The SMILES string of the molecule is CC(CCl)Cn1snc(Cl)c1=O. The zero-order valence-corrected chi connectivity index (χ0v) is 8.79. The van der Waals surface area contributed by atoms with Gasteiger partial charge >= 0.3 is 0 Å². The minimum absolute atomic E-state index is 0.0433. The molecule has 0 aliphatic rings. The highest BCUT2D eigenvalue weighted by atomic mass is 35.5. The van der Waals surface area contributed by atoms with Crippen molar-refractivity contribution in [2.24, 2.45) is 5.92 Å². The van der Waals surface area contributed by atoms with Gasteiger partial charge in [0.1, 0.15) is 0 Å². The molecule has 0 saturated carbocycles. The van der Waals surface area contributed by atoms with Gasteiger partial charge < -0.3 is 0 Å². The first kappa shape index (κ1) is 10.0. The number of halogens is 2. The fourth-order valence-corrected chi connectivity index (χ4v) is 1.78. The van der Waals surface area contributed by atoms with E-state index in [1.54, 1.807) is 0 Å². The summed E-state index contributed by atoms with van der Waals surface area (Å²) in [7, 11) is 0. The van der Waals surface area contributed by atoms with E-state index in [-0.39, 0.29) is 16.6 Å². The highest BCUT2D eigenvalue weighted by Crippen LogP contribution is 2.05. The van der Waals surface area contributed by atoms with E-state index in [9.17, 15) is 4.79 Å². The lowest BCUT2D eigenvalue weighted by Gasteiger charge is -2.04. The van der Waals surface area contributed by atoms with Crippen LogP contribution >= 0.6 is 34.9 Å². The summed E-state index contributed by atoms with van der Waals surface area (Å²) in [6.45, 7) is 2.56. The second-order valence-corrected chi connectivity index (χ2v) is 4.04. The average molecular weight is 227 g/mol. The fourth-order valence-electron chi connectivity index (χ4n) is 0.712. The lowest BCUT2D eigenvalue weighted by atomic mass is 10.2. The molecule has 6 heteroatoms. The molecule has 1 unspecified atom stereocenters. The normalized spacial score (nSPS) is 13.2. The molecule has 12 heavy (non-hydrogen) atoms. The molecule has 0 bridgehead atoms. The summed E-state index contributed by atoms with van der Waals surface area (Å²) >= 11 is 12.2. The van der Waals surface area contributed by atoms with Gasteiger partial charge in [0.05, 0.1) is 11.7 Å². The van der Waals surface area contributed by atoms with E-state index in [4.69, 9.17) is 23.2 Å². The maximum Gasteiger partial charge on any atom is 0.299 e. The highest BCUT2D eigenvalue weighted by molar-refractivity contribution is 7.00. The lowest BCUT2D eigenvalue weighted by molar-refractivity contribution is 0.547. The molecule has 68 valence electrons. The smallest absolute Gasteiger partial charge is 0.265 e. The van der Waals surface area contributed by atoms with Crippen molar-refractivity contribution in [3.8, 4) is 0 Å². The third-order valence-electron chi connectivity index (χ3n) is 1.36. The van der Waals surface area contributed by atoms with Gasteiger partial charge in [-0.25, -0.2) is 3.96 Å². The number of aromatic nitrogens is 2. The Labute approximate surface area is 84.2 Å². The minimum atomic E-state index is -0.223. The molecule has 0 fully saturated rings. The Bertz CT molecular complexity index is 309. The van der Waals surface area contributed by atoms with Crippen LogP contribution in [0.4, 0.5) is 0 Å². The molecular formula is C6H8Cl2N2OS. The first-order valence-electron chi connectivity index (χ1n) is 3.43. The molecular weight excluding hydrogens is 219 g/mol. The zero-order chi connectivity index (χ0) is 9.14. The monoisotopic (exact) mass is 226 g/mol. The van der Waals surface area contributed by atoms with Gasteiger partial charge in [0.2, 0.25) is 5.15 Å². The van der Waals surface area contributed by atoms with Crippen molar-refractivity contribution in [2.45, 2.75) is 13.5 Å². The van der Waals surface area contributed by atoms with Crippen LogP contribution in [-0.2, 0) is 6.54 Å². The molecule has 0 N–H and O–H groups in total. The van der Waals surface area contributed by atoms with Crippen LogP contribution in [0.25, 0.3) is 0 Å². The predicted molar refractivity (Wildman–Crippen MR) is 51.3 cm³/mol. The van der Waals surface area contributed by atoms with Gasteiger partial charge in [-0.05, 0) is 5.92 Å². The molecule has 0 spiro atoms. The van der Waals surface area contributed by atoms with Crippen molar-refractivity contribution in [1.82, 2.24) is 8.33 Å². The molecule has 1 aromatic heterocycles. The Morgan fingerprint density at radius 3 is 2.83 bits per heavy atom. The standard InChI is InChI=1S/C6H8Cl2N2OS/c1-4(2-7)3-10-6(11)5(8)9-12-10/h4H,2-3H2,1H3. The third-order valence-corrected chi connectivity index (χ3v) is 3.01. The zero-order valence-electron chi connectivity index (χ0n) is 6.46. The summed E-state index contributed by atoms with van der Waals surface area (Å²) in [5.41, 5.74) is -0.223. The predicted octanol–water partition coefficient (Wildman–Crippen LogP) is 1.83. The second kappa shape index (κ2) is 4.25. The Hall–Kier alpha value is -0.0600. The molecule has 0 saturated heterocycles. The van der Waals surface area contributed by atoms with Gasteiger partial charge in [0, 0.05) is 12.4 Å². The summed E-state index contributed by atoms with van der Waals surface area (Å²) in [4.78, 5) is 11.2. The molecule has 0 radical (unpaired) electrons. The van der Waals surface area contributed by atoms with Crippen molar-refractivity contribution in [2.75, 3.05) is 5.88 Å². The summed E-state index contributed by atoms with van der Waals surface area (Å²) < 4.78 is 5.23. The Morgan fingerprint density at radius 1 is 1.75 bits per heavy atom.